The van der Waals surface area contributed by atoms with Crippen molar-refractivity contribution in [1.29, 1.82) is 0 Å². The third-order valence-electron chi connectivity index (χ3n) is 2.87. The molecule has 2 aliphatic heterocycles. The Hall–Kier alpha value is -0.170. The molecule has 0 bridgehead atoms. The molecule has 0 aliphatic carbocycles. The van der Waals surface area contributed by atoms with Crippen LogP contribution in [0.3, 0.4) is 0 Å². The van der Waals surface area contributed by atoms with E-state index in [9.17, 15) is 9.59 Å². The monoisotopic (exact) mass is 294 g/mol. The molecule has 72 valence electrons. The number of piperidine rings is 1. The van der Waals surface area contributed by atoms with Gasteiger partial charge in [0.25, 0.3) is 0 Å². The highest BCUT2D eigenvalue weighted by Crippen LogP contribution is 2.38. The third-order valence-corrected chi connectivity index (χ3v) is 3.70. The van der Waals surface area contributed by atoms with Gasteiger partial charge in [-0.2, -0.15) is 0 Å². The summed E-state index contributed by atoms with van der Waals surface area (Å²) < 4.78 is 2.12. The maximum absolute atomic E-state index is 11.6. The lowest BCUT2D eigenvalue weighted by Crippen LogP contribution is -2.49. The summed E-state index contributed by atoms with van der Waals surface area (Å²) in [4.78, 5) is 22.6. The Morgan fingerprint density at radius 3 is 2.69 bits per heavy atom. The Morgan fingerprint density at radius 2 is 2.15 bits per heavy atom. The first-order valence-electron chi connectivity index (χ1n) is 4.37. The van der Waals surface area contributed by atoms with Crippen LogP contribution in [0.25, 0.3) is 0 Å². The predicted molar refractivity (Wildman–Crippen MR) is 55.0 cm³/mol. The van der Waals surface area contributed by atoms with Crippen LogP contribution in [0.5, 0.6) is 0 Å². The van der Waals surface area contributed by atoms with Gasteiger partial charge in [-0.3, -0.25) is 14.9 Å². The first-order chi connectivity index (χ1) is 6.12. The molecule has 1 spiro atoms. The fourth-order valence-electron chi connectivity index (χ4n) is 2.00. The first-order valence-corrected chi connectivity index (χ1v) is 5.34. The van der Waals surface area contributed by atoms with Gasteiger partial charge in [0.15, 0.2) is 0 Å². The number of imide groups is 1. The number of rotatable bonds is 0. The number of amides is 2. The zero-order valence-corrected chi connectivity index (χ0v) is 9.33. The zero-order chi connectivity index (χ0) is 9.47. The van der Waals surface area contributed by atoms with Crippen molar-refractivity contribution < 1.29 is 9.59 Å². The maximum Gasteiger partial charge on any atom is 0.234 e. The summed E-state index contributed by atoms with van der Waals surface area (Å²) >= 11 is 2.23. The largest absolute Gasteiger partial charge is 0.296 e. The average molecular weight is 294 g/mol. The number of hydrogen-bond acceptors (Lipinski definition) is 3. The summed E-state index contributed by atoms with van der Waals surface area (Å²) in [5, 5.41) is 2.42. The standard InChI is InChI=1S/C8H11IN2O2/c9-11-4-3-8(5-11)2-1-6(12)10-7(8)13/h1-5H2,(H,10,12,13). The summed E-state index contributed by atoms with van der Waals surface area (Å²) in [6.45, 7) is 1.73. The van der Waals surface area contributed by atoms with Gasteiger partial charge in [-0.05, 0) is 12.8 Å². The highest BCUT2D eigenvalue weighted by Gasteiger charge is 2.46. The van der Waals surface area contributed by atoms with Crippen molar-refractivity contribution in [3.05, 3.63) is 0 Å². The molecule has 0 saturated carbocycles. The normalized spacial score (nSPS) is 35.5. The van der Waals surface area contributed by atoms with Crippen molar-refractivity contribution >= 4 is 34.7 Å². The van der Waals surface area contributed by atoms with Gasteiger partial charge in [0.2, 0.25) is 11.8 Å². The number of carbonyl (C=O) groups is 2. The molecule has 2 fully saturated rings. The van der Waals surface area contributed by atoms with Crippen molar-refractivity contribution in [3.63, 3.8) is 0 Å². The molecule has 2 amide bonds. The van der Waals surface area contributed by atoms with Crippen molar-refractivity contribution in [3.8, 4) is 0 Å². The molecule has 2 heterocycles. The SMILES string of the molecule is O=C1CCC2(CCN(I)C2)C(=O)N1. The molecule has 2 aliphatic rings. The van der Waals surface area contributed by atoms with Gasteiger partial charge >= 0.3 is 0 Å². The number of nitrogens with zero attached hydrogens (tertiary/aromatic N) is 1. The molecule has 13 heavy (non-hydrogen) atoms. The van der Waals surface area contributed by atoms with E-state index in [2.05, 4.69) is 31.3 Å². The van der Waals surface area contributed by atoms with Gasteiger partial charge in [-0.1, -0.05) is 0 Å². The first kappa shape index (κ1) is 9.39. The van der Waals surface area contributed by atoms with Crippen LogP contribution in [-0.2, 0) is 9.59 Å². The summed E-state index contributed by atoms with van der Waals surface area (Å²) in [7, 11) is 0. The van der Waals surface area contributed by atoms with Crippen molar-refractivity contribution in [2.75, 3.05) is 13.1 Å². The second-order valence-corrected chi connectivity index (χ2v) is 5.12. The fraction of sp³-hybridized carbons (Fsp3) is 0.750. The molecule has 2 saturated heterocycles. The van der Waals surface area contributed by atoms with Gasteiger partial charge in [-0.25, -0.2) is 3.11 Å². The van der Waals surface area contributed by atoms with Gasteiger partial charge in [-0.15, -0.1) is 0 Å². The van der Waals surface area contributed by atoms with Crippen LogP contribution in [0.15, 0.2) is 0 Å². The molecule has 1 unspecified atom stereocenters. The van der Waals surface area contributed by atoms with E-state index in [0.29, 0.717) is 6.42 Å². The van der Waals surface area contributed by atoms with Crippen LogP contribution in [0.2, 0.25) is 0 Å². The van der Waals surface area contributed by atoms with Crippen molar-refractivity contribution in [2.24, 2.45) is 5.41 Å². The number of carbonyl (C=O) groups excluding carboxylic acids is 2. The van der Waals surface area contributed by atoms with Crippen molar-refractivity contribution in [2.45, 2.75) is 19.3 Å². The van der Waals surface area contributed by atoms with Crippen LogP contribution < -0.4 is 5.32 Å². The molecule has 0 aromatic heterocycles. The molecular weight excluding hydrogens is 283 g/mol. The van der Waals surface area contributed by atoms with E-state index in [0.717, 1.165) is 25.9 Å². The lowest BCUT2D eigenvalue weighted by molar-refractivity contribution is -0.141. The molecule has 0 aromatic carbocycles. The molecule has 4 nitrogen and oxygen atoms in total. The summed E-state index contributed by atoms with van der Waals surface area (Å²) in [5.41, 5.74) is -0.269. The van der Waals surface area contributed by atoms with Gasteiger partial charge in [0.05, 0.1) is 5.41 Å². The van der Waals surface area contributed by atoms with Crippen LogP contribution in [-0.4, -0.2) is 28.0 Å². The zero-order valence-electron chi connectivity index (χ0n) is 7.18. The predicted octanol–water partition coefficient (Wildman–Crippen LogP) is 0.465. The van der Waals surface area contributed by atoms with Crippen LogP contribution in [0, 0.1) is 5.41 Å². The minimum absolute atomic E-state index is 0.0667. The lowest BCUT2D eigenvalue weighted by atomic mass is 9.79. The van der Waals surface area contributed by atoms with Gasteiger partial charge in [0.1, 0.15) is 0 Å². The van der Waals surface area contributed by atoms with E-state index in [1.165, 1.54) is 0 Å². The average Bonchev–Trinajstić information content (AvgIpc) is 2.43. The second kappa shape index (κ2) is 3.20. The van der Waals surface area contributed by atoms with Crippen molar-refractivity contribution in [1.82, 2.24) is 8.43 Å². The summed E-state index contributed by atoms with van der Waals surface area (Å²) in [6.07, 6.45) is 2.10. The Labute approximate surface area is 90.5 Å². The Bertz CT molecular complexity index is 269. The quantitative estimate of drug-likeness (QED) is 0.401. The number of nitrogens with one attached hydrogen (secondary N) is 1. The van der Waals surface area contributed by atoms with Crippen LogP contribution in [0.4, 0.5) is 0 Å². The van der Waals surface area contributed by atoms with E-state index >= 15 is 0 Å². The Morgan fingerprint density at radius 1 is 1.38 bits per heavy atom. The fourth-order valence-corrected chi connectivity index (χ4v) is 2.89. The van der Waals surface area contributed by atoms with E-state index in [4.69, 9.17) is 0 Å². The smallest absolute Gasteiger partial charge is 0.234 e. The van der Waals surface area contributed by atoms with Gasteiger partial charge < -0.3 is 0 Å². The van der Waals surface area contributed by atoms with Crippen LogP contribution >= 0.6 is 22.9 Å². The summed E-state index contributed by atoms with van der Waals surface area (Å²) in [5.74, 6) is -0.189. The Balaban J connectivity index is 2.15. The van der Waals surface area contributed by atoms with E-state index in [1.54, 1.807) is 0 Å². The highest BCUT2D eigenvalue weighted by atomic mass is 127. The molecular formula is C8H11IN2O2. The van der Waals surface area contributed by atoms with Crippen LogP contribution in [0.1, 0.15) is 19.3 Å². The molecule has 2 rings (SSSR count). The second-order valence-electron chi connectivity index (χ2n) is 3.75. The highest BCUT2D eigenvalue weighted by molar-refractivity contribution is 14.1. The molecule has 0 radical (unpaired) electrons. The Kier molecular flexibility index (Phi) is 2.31. The topological polar surface area (TPSA) is 49.4 Å². The number of halogens is 1. The molecule has 1 N–H and O–H groups in total. The van der Waals surface area contributed by atoms with E-state index in [1.807, 2.05) is 0 Å². The summed E-state index contributed by atoms with van der Waals surface area (Å²) in [6, 6.07) is 0. The minimum atomic E-state index is -0.269. The third kappa shape index (κ3) is 1.59. The number of hydrogen-bond donors (Lipinski definition) is 1. The minimum Gasteiger partial charge on any atom is -0.296 e. The molecule has 1 atom stereocenters. The van der Waals surface area contributed by atoms with E-state index in [-0.39, 0.29) is 17.2 Å². The van der Waals surface area contributed by atoms with Gasteiger partial charge in [0, 0.05) is 42.4 Å². The maximum atomic E-state index is 11.6. The molecule has 0 aromatic rings. The lowest BCUT2D eigenvalue weighted by Gasteiger charge is -2.30. The van der Waals surface area contributed by atoms with E-state index < -0.39 is 0 Å². The molecule has 5 heteroatoms.